The maximum Gasteiger partial charge on any atom is 0.253 e. The number of aromatic nitrogens is 1. The van der Waals surface area contributed by atoms with E-state index in [-0.39, 0.29) is 11.9 Å². The van der Waals surface area contributed by atoms with Crippen molar-refractivity contribution in [3.8, 4) is 0 Å². The SMILES string of the molecule is CNc1ncc(C(=O)NC(C)Cc2ccco2)cc1Cl. The molecule has 0 saturated carbocycles. The molecule has 0 saturated heterocycles. The van der Waals surface area contributed by atoms with Crippen molar-refractivity contribution in [2.75, 3.05) is 12.4 Å². The van der Waals surface area contributed by atoms with Gasteiger partial charge in [0.15, 0.2) is 0 Å². The van der Waals surface area contributed by atoms with Crippen LogP contribution in [-0.2, 0) is 6.42 Å². The molecule has 2 heterocycles. The molecule has 0 fully saturated rings. The number of hydrogen-bond acceptors (Lipinski definition) is 4. The van der Waals surface area contributed by atoms with Crippen molar-refractivity contribution in [2.45, 2.75) is 19.4 Å². The van der Waals surface area contributed by atoms with Crippen molar-refractivity contribution in [2.24, 2.45) is 0 Å². The molecule has 106 valence electrons. The van der Waals surface area contributed by atoms with Crippen LogP contribution in [0.4, 0.5) is 5.82 Å². The Balaban J connectivity index is 1.99. The largest absolute Gasteiger partial charge is 0.469 e. The van der Waals surface area contributed by atoms with E-state index in [1.54, 1.807) is 19.4 Å². The van der Waals surface area contributed by atoms with Crippen LogP contribution in [0.2, 0.25) is 5.02 Å². The zero-order valence-corrected chi connectivity index (χ0v) is 12.1. The molecule has 2 aromatic heterocycles. The second-order valence-electron chi connectivity index (χ2n) is 4.46. The van der Waals surface area contributed by atoms with Crippen molar-refractivity contribution >= 4 is 23.3 Å². The number of carbonyl (C=O) groups is 1. The normalized spacial score (nSPS) is 11.9. The Labute approximate surface area is 122 Å². The molecule has 2 N–H and O–H groups in total. The van der Waals surface area contributed by atoms with Crippen LogP contribution in [0.1, 0.15) is 23.0 Å². The Hall–Kier alpha value is -2.01. The quantitative estimate of drug-likeness (QED) is 0.889. The summed E-state index contributed by atoms with van der Waals surface area (Å²) in [5.74, 6) is 1.17. The molecule has 0 aliphatic rings. The molecule has 20 heavy (non-hydrogen) atoms. The molecule has 1 amide bonds. The van der Waals surface area contributed by atoms with Crippen LogP contribution in [0, 0.1) is 0 Å². The number of nitrogens with zero attached hydrogens (tertiary/aromatic N) is 1. The average Bonchev–Trinajstić information content (AvgIpc) is 2.91. The van der Waals surface area contributed by atoms with E-state index in [4.69, 9.17) is 16.0 Å². The Bertz CT molecular complexity index is 584. The third-order valence-electron chi connectivity index (χ3n) is 2.81. The summed E-state index contributed by atoms with van der Waals surface area (Å²) in [6, 6.07) is 5.25. The molecule has 0 radical (unpaired) electrons. The minimum Gasteiger partial charge on any atom is -0.469 e. The van der Waals surface area contributed by atoms with Crippen LogP contribution in [0.3, 0.4) is 0 Å². The number of rotatable bonds is 5. The predicted molar refractivity (Wildman–Crippen MR) is 78.1 cm³/mol. The fraction of sp³-hybridized carbons (Fsp3) is 0.286. The second kappa shape index (κ2) is 6.43. The summed E-state index contributed by atoms with van der Waals surface area (Å²) in [6.07, 6.45) is 3.74. The molecule has 0 aliphatic heterocycles. The van der Waals surface area contributed by atoms with Gasteiger partial charge in [-0.2, -0.15) is 0 Å². The van der Waals surface area contributed by atoms with E-state index >= 15 is 0 Å². The third-order valence-corrected chi connectivity index (χ3v) is 3.09. The first-order chi connectivity index (χ1) is 9.60. The lowest BCUT2D eigenvalue weighted by Gasteiger charge is -2.13. The number of halogens is 1. The Morgan fingerprint density at radius 2 is 2.35 bits per heavy atom. The van der Waals surface area contributed by atoms with Crippen molar-refractivity contribution in [3.05, 3.63) is 47.0 Å². The molecule has 1 unspecified atom stereocenters. The smallest absolute Gasteiger partial charge is 0.253 e. The molecule has 0 aliphatic carbocycles. The van der Waals surface area contributed by atoms with Gasteiger partial charge in [0.05, 0.1) is 16.8 Å². The monoisotopic (exact) mass is 293 g/mol. The summed E-state index contributed by atoms with van der Waals surface area (Å²) < 4.78 is 5.25. The molecular weight excluding hydrogens is 278 g/mol. The summed E-state index contributed by atoms with van der Waals surface area (Å²) in [6.45, 7) is 1.91. The summed E-state index contributed by atoms with van der Waals surface area (Å²) in [4.78, 5) is 16.2. The topological polar surface area (TPSA) is 67.2 Å². The third kappa shape index (κ3) is 3.51. The van der Waals surface area contributed by atoms with E-state index < -0.39 is 0 Å². The molecular formula is C14H16ClN3O2. The Kier molecular flexibility index (Phi) is 4.63. The number of hydrogen-bond donors (Lipinski definition) is 2. The van der Waals surface area contributed by atoms with Gasteiger partial charge in [0, 0.05) is 25.7 Å². The van der Waals surface area contributed by atoms with Crippen LogP contribution < -0.4 is 10.6 Å². The van der Waals surface area contributed by atoms with Gasteiger partial charge in [-0.3, -0.25) is 4.79 Å². The molecule has 2 aromatic rings. The fourth-order valence-corrected chi connectivity index (χ4v) is 2.10. The van der Waals surface area contributed by atoms with Crippen LogP contribution >= 0.6 is 11.6 Å². The van der Waals surface area contributed by atoms with Crippen LogP contribution in [0.5, 0.6) is 0 Å². The number of pyridine rings is 1. The average molecular weight is 294 g/mol. The molecule has 2 rings (SSSR count). The van der Waals surface area contributed by atoms with Gasteiger partial charge in [0.25, 0.3) is 5.91 Å². The lowest BCUT2D eigenvalue weighted by Crippen LogP contribution is -2.34. The number of amides is 1. The van der Waals surface area contributed by atoms with Crippen molar-refractivity contribution in [1.29, 1.82) is 0 Å². The standard InChI is InChI=1S/C14H16ClN3O2/c1-9(6-11-4-3-5-20-11)18-14(19)10-7-12(15)13(16-2)17-8-10/h3-5,7-9H,6H2,1-2H3,(H,16,17)(H,18,19). The zero-order chi connectivity index (χ0) is 14.5. The van der Waals surface area contributed by atoms with Gasteiger partial charge in [0.1, 0.15) is 11.6 Å². The van der Waals surface area contributed by atoms with Gasteiger partial charge in [-0.25, -0.2) is 4.98 Å². The highest BCUT2D eigenvalue weighted by molar-refractivity contribution is 6.33. The molecule has 0 bridgehead atoms. The molecule has 0 spiro atoms. The fourth-order valence-electron chi connectivity index (χ4n) is 1.83. The first-order valence-electron chi connectivity index (χ1n) is 6.26. The highest BCUT2D eigenvalue weighted by atomic mass is 35.5. The Morgan fingerprint density at radius 1 is 1.55 bits per heavy atom. The van der Waals surface area contributed by atoms with Gasteiger partial charge < -0.3 is 15.1 Å². The van der Waals surface area contributed by atoms with Crippen molar-refractivity contribution in [3.63, 3.8) is 0 Å². The summed E-state index contributed by atoms with van der Waals surface area (Å²) in [5, 5.41) is 6.14. The minimum absolute atomic E-state index is 0.0450. The van der Waals surface area contributed by atoms with Crippen LogP contribution in [0.25, 0.3) is 0 Å². The Morgan fingerprint density at radius 3 is 2.95 bits per heavy atom. The van der Waals surface area contributed by atoms with E-state index in [1.807, 2.05) is 19.1 Å². The second-order valence-corrected chi connectivity index (χ2v) is 4.87. The van der Waals surface area contributed by atoms with Gasteiger partial charge in [-0.05, 0) is 25.1 Å². The number of anilines is 1. The summed E-state index contributed by atoms with van der Waals surface area (Å²) in [7, 11) is 1.72. The summed E-state index contributed by atoms with van der Waals surface area (Å²) >= 11 is 6.01. The van der Waals surface area contributed by atoms with Crippen molar-refractivity contribution in [1.82, 2.24) is 10.3 Å². The predicted octanol–water partition coefficient (Wildman–Crippen LogP) is 2.73. The zero-order valence-electron chi connectivity index (χ0n) is 11.3. The van der Waals surface area contributed by atoms with Crippen LogP contribution in [-0.4, -0.2) is 24.0 Å². The van der Waals surface area contributed by atoms with Crippen molar-refractivity contribution < 1.29 is 9.21 Å². The number of nitrogens with one attached hydrogen (secondary N) is 2. The maximum atomic E-state index is 12.1. The van der Waals surface area contributed by atoms with E-state index in [9.17, 15) is 4.79 Å². The highest BCUT2D eigenvalue weighted by Gasteiger charge is 2.13. The maximum absolute atomic E-state index is 12.1. The van der Waals surface area contributed by atoms with Crippen LogP contribution in [0.15, 0.2) is 35.1 Å². The van der Waals surface area contributed by atoms with Gasteiger partial charge >= 0.3 is 0 Å². The van der Waals surface area contributed by atoms with E-state index in [1.165, 1.54) is 6.20 Å². The first-order valence-corrected chi connectivity index (χ1v) is 6.64. The first kappa shape index (κ1) is 14.4. The van der Waals surface area contributed by atoms with Gasteiger partial charge in [0.2, 0.25) is 0 Å². The van der Waals surface area contributed by atoms with Gasteiger partial charge in [-0.1, -0.05) is 11.6 Å². The molecule has 5 nitrogen and oxygen atoms in total. The number of carbonyl (C=O) groups excluding carboxylic acids is 1. The van der Waals surface area contributed by atoms with E-state index in [0.717, 1.165) is 5.76 Å². The molecule has 1 atom stereocenters. The highest BCUT2D eigenvalue weighted by Crippen LogP contribution is 2.19. The summed E-state index contributed by atoms with van der Waals surface area (Å²) in [5.41, 5.74) is 0.431. The van der Waals surface area contributed by atoms with E-state index in [2.05, 4.69) is 15.6 Å². The molecule has 6 heteroatoms. The lowest BCUT2D eigenvalue weighted by molar-refractivity contribution is 0.0939. The minimum atomic E-state index is -0.207. The van der Waals surface area contributed by atoms with Gasteiger partial charge in [-0.15, -0.1) is 0 Å². The lowest BCUT2D eigenvalue weighted by atomic mass is 10.2. The molecule has 0 aromatic carbocycles. The number of furan rings is 1. The van der Waals surface area contributed by atoms with E-state index in [0.29, 0.717) is 22.8 Å².